The molecule has 2 amide bonds. The number of hydrazone groups is 1. The van der Waals surface area contributed by atoms with Crippen molar-refractivity contribution in [2.45, 2.75) is 0 Å². The van der Waals surface area contributed by atoms with Crippen LogP contribution in [0.5, 0.6) is 0 Å². The minimum atomic E-state index is -0.589. The number of nitrogens with two attached hydrogens (primary N) is 1. The number of nitrogens with zero attached hydrogens (tertiary/aromatic N) is 2. The fourth-order valence-corrected chi connectivity index (χ4v) is 2.61. The Kier molecular flexibility index (Phi) is 5.98. The lowest BCUT2D eigenvalue weighted by atomic mass is 10.1. The van der Waals surface area contributed by atoms with E-state index in [4.69, 9.17) is 17.3 Å². The van der Waals surface area contributed by atoms with Crippen molar-refractivity contribution >= 4 is 41.1 Å². The Morgan fingerprint density at radius 2 is 1.71 bits per heavy atom. The summed E-state index contributed by atoms with van der Waals surface area (Å²) in [6.07, 6.45) is 2.98. The first-order valence-corrected chi connectivity index (χ1v) is 8.63. The second-order valence-electron chi connectivity index (χ2n) is 5.66. The number of hydrogen-bond donors (Lipinski definition) is 3. The molecule has 1 aromatic heterocycles. The van der Waals surface area contributed by atoms with Gasteiger partial charge < -0.3 is 11.1 Å². The predicted molar refractivity (Wildman–Crippen MR) is 109 cm³/mol. The van der Waals surface area contributed by atoms with E-state index in [1.165, 1.54) is 12.4 Å². The average Bonchev–Trinajstić information content (AvgIpc) is 2.70. The number of halogens is 1. The Morgan fingerprint density at radius 1 is 1.00 bits per heavy atom. The molecule has 3 aromatic rings. The number of amides is 2. The van der Waals surface area contributed by atoms with Crippen LogP contribution in [-0.2, 0) is 0 Å². The molecule has 0 saturated heterocycles. The van der Waals surface area contributed by atoms with Crippen LogP contribution < -0.4 is 16.5 Å². The number of primary amides is 1. The molecule has 3 rings (SSSR count). The Morgan fingerprint density at radius 3 is 2.50 bits per heavy atom. The Hall–Kier alpha value is -3.71. The van der Waals surface area contributed by atoms with Crippen LogP contribution in [0, 0.1) is 0 Å². The summed E-state index contributed by atoms with van der Waals surface area (Å²) in [7, 11) is 0. The molecule has 0 aliphatic heterocycles. The Balaban J connectivity index is 1.80. The summed E-state index contributed by atoms with van der Waals surface area (Å²) in [4.78, 5) is 28.3. The van der Waals surface area contributed by atoms with Crippen LogP contribution in [0.3, 0.4) is 0 Å². The molecule has 1 heterocycles. The van der Waals surface area contributed by atoms with Gasteiger partial charge in [0.25, 0.3) is 11.8 Å². The third-order valence-corrected chi connectivity index (χ3v) is 4.12. The third kappa shape index (κ3) is 4.52. The first-order chi connectivity index (χ1) is 13.6. The average molecular weight is 394 g/mol. The van der Waals surface area contributed by atoms with Crippen LogP contribution in [0.2, 0.25) is 5.02 Å². The summed E-state index contributed by atoms with van der Waals surface area (Å²) < 4.78 is 0. The van der Waals surface area contributed by atoms with E-state index in [0.29, 0.717) is 16.3 Å². The van der Waals surface area contributed by atoms with E-state index in [-0.39, 0.29) is 16.9 Å². The van der Waals surface area contributed by atoms with Crippen molar-refractivity contribution in [2.24, 2.45) is 10.8 Å². The number of anilines is 2. The normalized spacial score (nSPS) is 10.6. The molecular weight excluding hydrogens is 378 g/mol. The lowest BCUT2D eigenvalue weighted by molar-refractivity contribution is 0.0954. The van der Waals surface area contributed by atoms with Crippen molar-refractivity contribution in [3.63, 3.8) is 0 Å². The summed E-state index contributed by atoms with van der Waals surface area (Å²) in [6, 6.07) is 17.0. The maximum atomic E-state index is 12.5. The summed E-state index contributed by atoms with van der Waals surface area (Å²) in [5.74, 6) is -0.800. The largest absolute Gasteiger partial charge is 0.366 e. The van der Waals surface area contributed by atoms with E-state index < -0.39 is 11.8 Å². The van der Waals surface area contributed by atoms with E-state index in [9.17, 15) is 9.59 Å². The van der Waals surface area contributed by atoms with Gasteiger partial charge >= 0.3 is 0 Å². The molecule has 7 nitrogen and oxygen atoms in total. The Labute approximate surface area is 166 Å². The van der Waals surface area contributed by atoms with Gasteiger partial charge in [-0.05, 0) is 30.3 Å². The van der Waals surface area contributed by atoms with Gasteiger partial charge in [0, 0.05) is 16.8 Å². The molecule has 0 unspecified atom stereocenters. The Bertz CT molecular complexity index is 1050. The van der Waals surface area contributed by atoms with E-state index >= 15 is 0 Å². The maximum absolute atomic E-state index is 12.5. The fraction of sp³-hybridized carbons (Fsp3) is 0. The van der Waals surface area contributed by atoms with Crippen molar-refractivity contribution in [3.05, 3.63) is 88.6 Å². The van der Waals surface area contributed by atoms with Gasteiger partial charge in [0.15, 0.2) is 0 Å². The van der Waals surface area contributed by atoms with Crippen molar-refractivity contribution < 1.29 is 9.59 Å². The zero-order valence-electron chi connectivity index (χ0n) is 14.6. The van der Waals surface area contributed by atoms with Crippen LogP contribution in [0.4, 0.5) is 11.5 Å². The summed E-state index contributed by atoms with van der Waals surface area (Å²) >= 11 is 6.05. The summed E-state index contributed by atoms with van der Waals surface area (Å²) in [6.45, 7) is 0. The zero-order chi connectivity index (χ0) is 19.9. The molecule has 0 aliphatic carbocycles. The van der Waals surface area contributed by atoms with E-state index in [1.807, 2.05) is 6.07 Å². The van der Waals surface area contributed by atoms with Crippen LogP contribution in [0.15, 0.2) is 72.0 Å². The molecule has 0 fully saturated rings. The third-order valence-electron chi connectivity index (χ3n) is 3.77. The van der Waals surface area contributed by atoms with Gasteiger partial charge in [-0.1, -0.05) is 41.9 Å². The molecular formula is C20H16ClN5O2. The van der Waals surface area contributed by atoms with Crippen LogP contribution in [-0.4, -0.2) is 23.0 Å². The molecule has 0 bridgehead atoms. The number of carbonyl (C=O) groups excluding carboxylic acids is 2. The minimum Gasteiger partial charge on any atom is -0.366 e. The highest BCUT2D eigenvalue weighted by molar-refractivity contribution is 6.33. The molecule has 140 valence electrons. The van der Waals surface area contributed by atoms with Gasteiger partial charge in [-0.2, -0.15) is 5.10 Å². The lowest BCUT2D eigenvalue weighted by Gasteiger charge is -2.12. The number of rotatable bonds is 6. The number of benzene rings is 2. The fourth-order valence-electron chi connectivity index (χ4n) is 2.42. The highest BCUT2D eigenvalue weighted by atomic mass is 35.5. The highest BCUT2D eigenvalue weighted by Crippen LogP contribution is 2.22. The SMILES string of the molecule is NC(=O)c1ccccc1Nc1ncccc1C(=O)N/N=C/c1ccccc1Cl. The van der Waals surface area contributed by atoms with Crippen molar-refractivity contribution in [2.75, 3.05) is 5.32 Å². The van der Waals surface area contributed by atoms with Crippen molar-refractivity contribution in [1.29, 1.82) is 0 Å². The molecule has 4 N–H and O–H groups in total. The van der Waals surface area contributed by atoms with Crippen LogP contribution >= 0.6 is 11.6 Å². The molecule has 0 saturated carbocycles. The lowest BCUT2D eigenvalue weighted by Crippen LogP contribution is -2.20. The van der Waals surface area contributed by atoms with E-state index in [1.54, 1.807) is 54.6 Å². The van der Waals surface area contributed by atoms with E-state index in [2.05, 4.69) is 20.8 Å². The first kappa shape index (κ1) is 19.1. The summed E-state index contributed by atoms with van der Waals surface area (Å²) in [5.41, 5.74) is 9.48. The number of pyridine rings is 1. The second-order valence-corrected chi connectivity index (χ2v) is 6.06. The van der Waals surface area contributed by atoms with Gasteiger partial charge in [0.05, 0.1) is 23.0 Å². The van der Waals surface area contributed by atoms with Gasteiger partial charge in [0.2, 0.25) is 0 Å². The topological polar surface area (TPSA) is 109 Å². The number of para-hydroxylation sites is 1. The molecule has 0 atom stereocenters. The maximum Gasteiger partial charge on any atom is 0.275 e. The molecule has 2 aromatic carbocycles. The van der Waals surface area contributed by atoms with E-state index in [0.717, 1.165) is 0 Å². The first-order valence-electron chi connectivity index (χ1n) is 8.25. The smallest absolute Gasteiger partial charge is 0.275 e. The summed E-state index contributed by atoms with van der Waals surface area (Å²) in [5, 5.41) is 7.43. The second kappa shape index (κ2) is 8.79. The minimum absolute atomic E-state index is 0.248. The molecule has 8 heteroatoms. The van der Waals surface area contributed by atoms with Gasteiger partial charge in [-0.3, -0.25) is 9.59 Å². The molecule has 28 heavy (non-hydrogen) atoms. The van der Waals surface area contributed by atoms with Gasteiger partial charge in [-0.25, -0.2) is 10.4 Å². The molecule has 0 aliphatic rings. The standard InChI is InChI=1S/C20H16ClN5O2/c21-16-9-3-1-6-13(16)12-24-26-20(28)15-8-5-11-23-19(15)25-17-10-4-2-7-14(17)18(22)27/h1-12H,(H2,22,27)(H,23,25)(H,26,28)/b24-12+. The predicted octanol–water partition coefficient (Wildman–Crippen LogP) is 3.34. The van der Waals surface area contributed by atoms with Crippen LogP contribution in [0.25, 0.3) is 0 Å². The van der Waals surface area contributed by atoms with Crippen molar-refractivity contribution in [1.82, 2.24) is 10.4 Å². The zero-order valence-corrected chi connectivity index (χ0v) is 15.4. The van der Waals surface area contributed by atoms with Crippen LogP contribution in [0.1, 0.15) is 26.3 Å². The number of aromatic nitrogens is 1. The molecule has 0 radical (unpaired) electrons. The van der Waals surface area contributed by atoms with Crippen molar-refractivity contribution in [3.8, 4) is 0 Å². The van der Waals surface area contributed by atoms with Gasteiger partial charge in [0.1, 0.15) is 5.82 Å². The number of carbonyl (C=O) groups is 2. The number of nitrogens with one attached hydrogen (secondary N) is 2. The monoisotopic (exact) mass is 393 g/mol. The highest BCUT2D eigenvalue weighted by Gasteiger charge is 2.14. The number of hydrogen-bond acceptors (Lipinski definition) is 5. The quantitative estimate of drug-likeness (QED) is 0.440. The molecule has 0 spiro atoms. The van der Waals surface area contributed by atoms with Gasteiger partial charge in [-0.15, -0.1) is 0 Å².